The van der Waals surface area contributed by atoms with Crippen LogP contribution in [0.3, 0.4) is 0 Å². The number of ether oxygens (including phenoxy) is 2. The van der Waals surface area contributed by atoms with Gasteiger partial charge < -0.3 is 31.8 Å². The van der Waals surface area contributed by atoms with Crippen molar-refractivity contribution < 1.29 is 56.8 Å². The fraction of sp³-hybridized carbons (Fsp3) is 0.176. The number of hydrogen-bond acceptors (Lipinski definition) is 22. The van der Waals surface area contributed by atoms with Gasteiger partial charge >= 0.3 is 0 Å². The molecule has 0 spiro atoms. The minimum atomic E-state index is -4.71. The lowest BCUT2D eigenvalue weighted by Crippen LogP contribution is -2.10. The van der Waals surface area contributed by atoms with Gasteiger partial charge in [0.25, 0.3) is 10.1 Å². The van der Waals surface area contributed by atoms with Crippen molar-refractivity contribution in [1.29, 1.82) is 0 Å². The number of nitrogen functional groups attached to an aromatic ring is 1. The fourth-order valence-corrected chi connectivity index (χ4v) is 6.61. The van der Waals surface area contributed by atoms with Gasteiger partial charge in [0, 0.05) is 35.5 Å². The maximum absolute atomic E-state index is 11.8. The number of aryl methyl sites for hydroxylation is 2. The summed E-state index contributed by atoms with van der Waals surface area (Å²) in [6.45, 7) is 4.20. The molecule has 0 amide bonds. The van der Waals surface area contributed by atoms with Crippen molar-refractivity contribution in [3.05, 3.63) is 77.9 Å². The SMILES string of the molecule is Cc1cc(N=Nc2cc(OCCN)c(N=Nc3c(SOOO)cc4cc(S(=O)(=O)O)c(N)cc4c3O)cc2C)c(OCCN)cc1N=Nc1cccc(SOOO)c1. The van der Waals surface area contributed by atoms with Gasteiger partial charge in [0.15, 0.2) is 5.75 Å². The summed E-state index contributed by atoms with van der Waals surface area (Å²) in [5.74, 6) is 0.0448. The van der Waals surface area contributed by atoms with E-state index < -0.39 is 20.8 Å². The maximum Gasteiger partial charge on any atom is 0.296 e. The average Bonchev–Trinajstić information content (AvgIpc) is 3.20. The summed E-state index contributed by atoms with van der Waals surface area (Å²) >= 11 is 1.21. The lowest BCUT2D eigenvalue weighted by Gasteiger charge is -2.13. The molecular weight excluding hydrogens is 823 g/mol. The molecule has 0 heterocycles. The summed E-state index contributed by atoms with van der Waals surface area (Å²) in [6, 6.07) is 17.0. The molecule has 58 heavy (non-hydrogen) atoms. The van der Waals surface area contributed by atoms with Gasteiger partial charge in [-0.15, -0.1) is 24.0 Å². The number of fused-ring (bicyclic) bond motifs is 1. The topological polar surface area (TPSA) is 323 Å². The van der Waals surface area contributed by atoms with Crippen molar-refractivity contribution in [2.45, 2.75) is 28.5 Å². The van der Waals surface area contributed by atoms with Crippen LogP contribution in [-0.4, -0.2) is 54.9 Å². The number of nitrogens with zero attached hydrogens (tertiary/aromatic N) is 6. The van der Waals surface area contributed by atoms with Crippen LogP contribution in [0.1, 0.15) is 11.1 Å². The molecule has 5 rings (SSSR count). The molecule has 0 aliphatic carbocycles. The highest BCUT2D eigenvalue weighted by atomic mass is 32.2. The van der Waals surface area contributed by atoms with Crippen molar-refractivity contribution in [3.63, 3.8) is 0 Å². The Morgan fingerprint density at radius 3 is 1.86 bits per heavy atom. The van der Waals surface area contributed by atoms with E-state index in [1.807, 2.05) is 6.92 Å². The van der Waals surface area contributed by atoms with Gasteiger partial charge in [-0.2, -0.15) is 23.8 Å². The highest BCUT2D eigenvalue weighted by Crippen LogP contribution is 2.46. The Kier molecular flexibility index (Phi) is 15.4. The van der Waals surface area contributed by atoms with Crippen LogP contribution in [0.4, 0.5) is 39.8 Å². The molecule has 0 unspecified atom stereocenters. The fourth-order valence-electron chi connectivity index (χ4n) is 5.07. The van der Waals surface area contributed by atoms with Gasteiger partial charge in [0.1, 0.15) is 46.7 Å². The molecule has 0 aromatic heterocycles. The summed E-state index contributed by atoms with van der Waals surface area (Å²) in [6.07, 6.45) is 0. The summed E-state index contributed by atoms with van der Waals surface area (Å²) in [7, 11) is -4.71. The Morgan fingerprint density at radius 1 is 0.707 bits per heavy atom. The van der Waals surface area contributed by atoms with Crippen LogP contribution in [0.2, 0.25) is 0 Å². The highest BCUT2D eigenvalue weighted by Gasteiger charge is 2.21. The van der Waals surface area contributed by atoms with Gasteiger partial charge in [-0.1, -0.05) is 16.1 Å². The van der Waals surface area contributed by atoms with E-state index in [9.17, 15) is 18.1 Å². The number of phenols is 1. The predicted octanol–water partition coefficient (Wildman–Crippen LogP) is 8.77. The second kappa shape index (κ2) is 20.4. The molecule has 24 heteroatoms. The quantitative estimate of drug-likeness (QED) is 0.0102. The zero-order valence-corrected chi connectivity index (χ0v) is 32.8. The van der Waals surface area contributed by atoms with Crippen LogP contribution in [0.15, 0.2) is 112 Å². The largest absolute Gasteiger partial charge is 0.505 e. The van der Waals surface area contributed by atoms with E-state index in [2.05, 4.69) is 49.4 Å². The normalized spacial score (nSPS) is 12.1. The number of nitrogens with two attached hydrogens (primary N) is 3. The van der Waals surface area contributed by atoms with Crippen molar-refractivity contribution >= 4 is 84.8 Å². The standard InChI is InChI=1S/C34H35N9O12S3/c1-18-10-27(29(50-8-6-35)16-25(18)39-38-21-4-3-5-22(14-21)56-54-52-45)41-40-26-17-30(51-9-7-36)28(11-19(26)2)42-43-33-31(57-55-53-46)12-20-13-32(58(47,48)49)24(37)15-23(20)34(33)44/h3-5,10-17,44-46H,6-9,35-37H2,1-2H3,(H,47,48,49). The van der Waals surface area contributed by atoms with Gasteiger partial charge in [-0.05, 0) is 78.9 Å². The second-order valence-corrected chi connectivity index (χ2v) is 14.6. The average molecular weight is 858 g/mol. The van der Waals surface area contributed by atoms with Crippen LogP contribution in [-0.2, 0) is 28.9 Å². The maximum atomic E-state index is 11.8. The van der Waals surface area contributed by atoms with E-state index in [-0.39, 0.29) is 64.8 Å². The first kappa shape index (κ1) is 43.8. The van der Waals surface area contributed by atoms with Gasteiger partial charge in [-0.25, -0.2) is 10.5 Å². The van der Waals surface area contributed by atoms with Crippen molar-refractivity contribution in [2.75, 3.05) is 32.0 Å². The zero-order chi connectivity index (χ0) is 41.8. The first-order chi connectivity index (χ1) is 27.9. The number of anilines is 1. The Labute approximate surface area is 338 Å². The molecule has 0 fully saturated rings. The van der Waals surface area contributed by atoms with Gasteiger partial charge in [-0.3, -0.25) is 4.55 Å². The summed E-state index contributed by atoms with van der Waals surface area (Å²) < 4.78 is 54.1. The molecule has 5 aromatic carbocycles. The van der Waals surface area contributed by atoms with E-state index >= 15 is 0 Å². The molecule has 10 N–H and O–H groups in total. The summed E-state index contributed by atoms with van der Waals surface area (Å²) in [5, 5.41) is 62.1. The molecule has 21 nitrogen and oxygen atoms in total. The Morgan fingerprint density at radius 2 is 1.28 bits per heavy atom. The third kappa shape index (κ3) is 11.2. The molecule has 0 radical (unpaired) electrons. The second-order valence-electron chi connectivity index (χ2n) is 11.7. The summed E-state index contributed by atoms with van der Waals surface area (Å²) in [5.41, 5.74) is 20.0. The Hall–Kier alpha value is -5.35. The Bertz CT molecular complexity index is 2470. The summed E-state index contributed by atoms with van der Waals surface area (Å²) in [4.78, 5) is 0.0366. The monoisotopic (exact) mass is 857 g/mol. The first-order valence-corrected chi connectivity index (χ1v) is 19.5. The third-order valence-corrected chi connectivity index (χ3v) is 9.80. The van der Waals surface area contributed by atoms with E-state index in [1.165, 1.54) is 6.07 Å². The molecule has 0 saturated carbocycles. The van der Waals surface area contributed by atoms with E-state index in [4.69, 9.17) is 37.2 Å². The van der Waals surface area contributed by atoms with Gasteiger partial charge in [0.2, 0.25) is 0 Å². The van der Waals surface area contributed by atoms with Crippen LogP contribution >= 0.6 is 24.1 Å². The highest BCUT2D eigenvalue weighted by molar-refractivity contribution is 7.95. The van der Waals surface area contributed by atoms with Crippen LogP contribution in [0, 0.1) is 13.8 Å². The molecule has 0 aliphatic rings. The molecule has 0 bridgehead atoms. The Balaban J connectivity index is 1.50. The molecule has 306 valence electrons. The van der Waals surface area contributed by atoms with Gasteiger partial charge in [0.05, 0.1) is 51.7 Å². The number of hydrogen-bond donors (Lipinski definition) is 7. The van der Waals surface area contributed by atoms with E-state index in [0.717, 1.165) is 24.2 Å². The lowest BCUT2D eigenvalue weighted by atomic mass is 10.1. The molecule has 5 aromatic rings. The minimum Gasteiger partial charge on any atom is -0.505 e. The smallest absolute Gasteiger partial charge is 0.296 e. The van der Waals surface area contributed by atoms with Crippen LogP contribution < -0.4 is 26.7 Å². The van der Waals surface area contributed by atoms with Crippen molar-refractivity contribution in [1.82, 2.24) is 0 Å². The number of rotatable bonds is 19. The minimum absolute atomic E-state index is 0.0176. The van der Waals surface area contributed by atoms with Crippen LogP contribution in [0.5, 0.6) is 17.2 Å². The first-order valence-electron chi connectivity index (χ1n) is 16.5. The number of phenolic OH excluding ortho intramolecular Hbond substituents is 1. The molecule has 0 aliphatic heterocycles. The predicted molar refractivity (Wildman–Crippen MR) is 212 cm³/mol. The van der Waals surface area contributed by atoms with Crippen molar-refractivity contribution in [3.8, 4) is 17.2 Å². The number of aromatic hydroxyl groups is 1. The lowest BCUT2D eigenvalue weighted by molar-refractivity contribution is -0.432. The van der Waals surface area contributed by atoms with E-state index in [0.29, 0.717) is 56.6 Å². The van der Waals surface area contributed by atoms with Crippen LogP contribution in [0.25, 0.3) is 10.8 Å². The molecular formula is C34H35N9O12S3. The number of azo groups is 3. The zero-order valence-electron chi connectivity index (χ0n) is 30.4. The third-order valence-electron chi connectivity index (χ3n) is 7.69. The molecule has 0 atom stereocenters. The van der Waals surface area contributed by atoms with Crippen molar-refractivity contribution in [2.24, 2.45) is 42.2 Å². The van der Waals surface area contributed by atoms with E-state index in [1.54, 1.807) is 55.5 Å². The number of benzene rings is 5. The molecule has 0 saturated heterocycles.